The van der Waals surface area contributed by atoms with Crippen LogP contribution in [0, 0.1) is 6.92 Å². The largest absolute Gasteiger partial charge is 0.335 e. The molecule has 0 unspecified atom stereocenters. The highest BCUT2D eigenvalue weighted by atomic mass is 32.2. The quantitative estimate of drug-likeness (QED) is 0.415. The summed E-state index contributed by atoms with van der Waals surface area (Å²) in [6.07, 6.45) is 0. The van der Waals surface area contributed by atoms with E-state index in [0.29, 0.717) is 22.8 Å². The number of para-hydroxylation sites is 1. The van der Waals surface area contributed by atoms with Crippen molar-refractivity contribution in [2.75, 3.05) is 16.9 Å². The first-order chi connectivity index (χ1) is 14.3. The number of carbonyl (C=O) groups is 1. The smallest absolute Gasteiger partial charge is 0.234 e. The number of aryl methyl sites for hydroxylation is 1. The van der Waals surface area contributed by atoms with E-state index < -0.39 is 0 Å². The van der Waals surface area contributed by atoms with Gasteiger partial charge in [-0.25, -0.2) is 4.68 Å². The molecule has 0 aliphatic carbocycles. The molecule has 0 aliphatic rings. The number of rotatable bonds is 7. The lowest BCUT2D eigenvalue weighted by atomic mass is 9.92. The predicted octanol–water partition coefficient (Wildman–Crippen LogP) is 4.94. The monoisotopic (exact) mass is 423 g/mol. The maximum Gasteiger partial charge on any atom is 0.234 e. The van der Waals surface area contributed by atoms with Crippen molar-refractivity contribution in [3.05, 3.63) is 59.2 Å². The van der Waals surface area contributed by atoms with Crippen molar-refractivity contribution in [2.24, 2.45) is 0 Å². The highest BCUT2D eigenvalue weighted by Gasteiger charge is 2.18. The van der Waals surface area contributed by atoms with Crippen LogP contribution in [0.1, 0.15) is 56.2 Å². The van der Waals surface area contributed by atoms with Crippen LogP contribution in [0.15, 0.2) is 47.6 Å². The third-order valence-electron chi connectivity index (χ3n) is 4.94. The number of thioether (sulfide) groups is 1. The minimum Gasteiger partial charge on any atom is -0.335 e. The summed E-state index contributed by atoms with van der Waals surface area (Å²) in [6.45, 7) is 10.6. The summed E-state index contributed by atoms with van der Waals surface area (Å²) in [5, 5.41) is 12.0. The standard InChI is InChI=1S/C23H29N5OS/c1-14(2)18-7-6-8-19(15(3)4)21(18)25-20(29)13-30-23-27-26-22(28(23)24)17-11-9-16(5)10-12-17/h6-12,14-15H,13,24H2,1-5H3,(H,25,29). The minimum atomic E-state index is -0.0881. The number of nitrogens with one attached hydrogen (secondary N) is 1. The molecular weight excluding hydrogens is 394 g/mol. The van der Waals surface area contributed by atoms with Crippen LogP contribution < -0.4 is 11.2 Å². The fraction of sp³-hybridized carbons (Fsp3) is 0.348. The molecule has 0 aliphatic heterocycles. The number of benzene rings is 2. The lowest BCUT2D eigenvalue weighted by Gasteiger charge is -2.20. The van der Waals surface area contributed by atoms with Crippen LogP contribution >= 0.6 is 11.8 Å². The van der Waals surface area contributed by atoms with E-state index in [-0.39, 0.29) is 11.7 Å². The van der Waals surface area contributed by atoms with Crippen molar-refractivity contribution in [1.29, 1.82) is 0 Å². The molecule has 7 heteroatoms. The Labute approximate surface area is 182 Å². The number of nitrogens with two attached hydrogens (primary N) is 1. The van der Waals surface area contributed by atoms with Crippen LogP contribution in [0.5, 0.6) is 0 Å². The van der Waals surface area contributed by atoms with E-state index in [1.54, 1.807) is 0 Å². The van der Waals surface area contributed by atoms with Crippen molar-refractivity contribution >= 4 is 23.4 Å². The predicted molar refractivity (Wildman–Crippen MR) is 124 cm³/mol. The number of carbonyl (C=O) groups excluding carboxylic acids is 1. The topological polar surface area (TPSA) is 85.8 Å². The van der Waals surface area contributed by atoms with Gasteiger partial charge in [0.25, 0.3) is 0 Å². The van der Waals surface area contributed by atoms with Gasteiger partial charge in [0.2, 0.25) is 11.1 Å². The number of hydrogen-bond acceptors (Lipinski definition) is 5. The lowest BCUT2D eigenvalue weighted by Crippen LogP contribution is -2.19. The molecule has 0 spiro atoms. The number of aromatic nitrogens is 3. The number of anilines is 1. The Morgan fingerprint density at radius 2 is 1.63 bits per heavy atom. The number of hydrogen-bond donors (Lipinski definition) is 2. The van der Waals surface area contributed by atoms with Crippen LogP contribution in [-0.2, 0) is 4.79 Å². The van der Waals surface area contributed by atoms with Gasteiger partial charge < -0.3 is 11.2 Å². The van der Waals surface area contributed by atoms with Crippen molar-refractivity contribution in [2.45, 2.75) is 51.6 Å². The van der Waals surface area contributed by atoms with E-state index in [0.717, 1.165) is 27.9 Å². The Hall–Kier alpha value is -2.80. The van der Waals surface area contributed by atoms with E-state index in [1.165, 1.54) is 16.4 Å². The molecule has 30 heavy (non-hydrogen) atoms. The highest BCUT2D eigenvalue weighted by Crippen LogP contribution is 2.32. The summed E-state index contributed by atoms with van der Waals surface area (Å²) >= 11 is 1.27. The molecule has 0 saturated carbocycles. The maximum absolute atomic E-state index is 12.7. The third-order valence-corrected chi connectivity index (χ3v) is 5.89. The molecule has 158 valence electrons. The van der Waals surface area contributed by atoms with Crippen LogP contribution in [0.2, 0.25) is 0 Å². The highest BCUT2D eigenvalue weighted by molar-refractivity contribution is 7.99. The van der Waals surface area contributed by atoms with Crippen molar-refractivity contribution < 1.29 is 4.79 Å². The molecule has 0 atom stereocenters. The first kappa shape index (κ1) is 21.9. The third kappa shape index (κ3) is 4.84. The zero-order valence-corrected chi connectivity index (χ0v) is 19.0. The van der Waals surface area contributed by atoms with E-state index in [1.807, 2.05) is 31.2 Å². The molecule has 0 bridgehead atoms. The molecular formula is C23H29N5OS. The van der Waals surface area contributed by atoms with Gasteiger partial charge in [-0.2, -0.15) is 0 Å². The van der Waals surface area contributed by atoms with Crippen molar-refractivity contribution in [3.8, 4) is 11.4 Å². The van der Waals surface area contributed by atoms with Crippen LogP contribution in [0.25, 0.3) is 11.4 Å². The van der Waals surface area contributed by atoms with Gasteiger partial charge in [-0.15, -0.1) is 10.2 Å². The number of nitrogens with zero attached hydrogens (tertiary/aromatic N) is 3. The summed E-state index contributed by atoms with van der Waals surface area (Å²) in [6, 6.07) is 14.1. The summed E-state index contributed by atoms with van der Waals surface area (Å²) in [7, 11) is 0. The van der Waals surface area contributed by atoms with Gasteiger partial charge in [0.15, 0.2) is 5.82 Å². The molecule has 1 heterocycles. The molecule has 1 amide bonds. The molecule has 3 rings (SSSR count). The van der Waals surface area contributed by atoms with Gasteiger partial charge in [0.1, 0.15) is 0 Å². The van der Waals surface area contributed by atoms with E-state index in [2.05, 4.69) is 61.4 Å². The average Bonchev–Trinajstić information content (AvgIpc) is 3.07. The maximum atomic E-state index is 12.7. The molecule has 0 radical (unpaired) electrons. The second kappa shape index (κ2) is 9.34. The second-order valence-electron chi connectivity index (χ2n) is 8.00. The van der Waals surface area contributed by atoms with Crippen LogP contribution in [0.4, 0.5) is 5.69 Å². The van der Waals surface area contributed by atoms with Gasteiger partial charge in [0, 0.05) is 11.3 Å². The molecule has 3 N–H and O–H groups in total. The Kier molecular flexibility index (Phi) is 6.82. The summed E-state index contributed by atoms with van der Waals surface area (Å²) in [5.41, 5.74) is 5.25. The molecule has 0 saturated heterocycles. The SMILES string of the molecule is Cc1ccc(-c2nnc(SCC(=O)Nc3c(C(C)C)cccc3C(C)C)n2N)cc1. The van der Waals surface area contributed by atoms with Gasteiger partial charge in [-0.3, -0.25) is 4.79 Å². The Balaban J connectivity index is 1.73. The van der Waals surface area contributed by atoms with Crippen LogP contribution in [0.3, 0.4) is 0 Å². The van der Waals surface area contributed by atoms with E-state index in [4.69, 9.17) is 5.84 Å². The number of nitrogen functional groups attached to an aromatic ring is 1. The number of amides is 1. The summed E-state index contributed by atoms with van der Waals surface area (Å²) in [5.74, 6) is 7.50. The van der Waals surface area contributed by atoms with Crippen molar-refractivity contribution in [1.82, 2.24) is 14.9 Å². The van der Waals surface area contributed by atoms with Crippen molar-refractivity contribution in [3.63, 3.8) is 0 Å². The average molecular weight is 424 g/mol. The summed E-state index contributed by atoms with van der Waals surface area (Å²) in [4.78, 5) is 12.7. The minimum absolute atomic E-state index is 0.0881. The molecule has 1 aromatic heterocycles. The Bertz CT molecular complexity index is 998. The lowest BCUT2D eigenvalue weighted by molar-refractivity contribution is -0.113. The second-order valence-corrected chi connectivity index (χ2v) is 8.94. The molecule has 3 aromatic rings. The first-order valence-corrected chi connectivity index (χ1v) is 11.1. The van der Waals surface area contributed by atoms with Gasteiger partial charge in [-0.1, -0.05) is 87.5 Å². The van der Waals surface area contributed by atoms with Gasteiger partial charge in [0.05, 0.1) is 5.75 Å². The van der Waals surface area contributed by atoms with Crippen LogP contribution in [-0.4, -0.2) is 26.5 Å². The van der Waals surface area contributed by atoms with Gasteiger partial charge in [-0.05, 0) is 29.9 Å². The Morgan fingerprint density at radius 3 is 2.20 bits per heavy atom. The van der Waals surface area contributed by atoms with E-state index in [9.17, 15) is 4.79 Å². The normalized spacial score (nSPS) is 11.3. The molecule has 0 fully saturated rings. The zero-order chi connectivity index (χ0) is 21.8. The molecule has 6 nitrogen and oxygen atoms in total. The Morgan fingerprint density at radius 1 is 1.03 bits per heavy atom. The fourth-order valence-electron chi connectivity index (χ4n) is 3.28. The zero-order valence-electron chi connectivity index (χ0n) is 18.1. The van der Waals surface area contributed by atoms with Gasteiger partial charge >= 0.3 is 0 Å². The fourth-order valence-corrected chi connectivity index (χ4v) is 3.93. The summed E-state index contributed by atoms with van der Waals surface area (Å²) < 4.78 is 1.43. The molecule has 2 aromatic carbocycles. The first-order valence-electron chi connectivity index (χ1n) is 10.1. The van der Waals surface area contributed by atoms with E-state index >= 15 is 0 Å².